The van der Waals surface area contributed by atoms with Gasteiger partial charge in [-0.05, 0) is 73.2 Å². The number of nitrogens with zero attached hydrogens (tertiary/aromatic N) is 2. The number of carbonyl (C=O) groups is 2. The standard InChI is InChI=1S/C35H38N2O4.C2H6/c1-23(17-24(2)38)35(26(4)39,22-37-21-29-9-12-31(41-6)20-32(29)34(37)14-15-34)30-10-7-28(8-11-30)33-19-27(13-16-36-33)18-25(3)40-5;1-2/h7-13,16,19-20H,1,3,14-15,17-18,21-22H2,2,4-6H3;1-2H3. The van der Waals surface area contributed by atoms with Crippen molar-refractivity contribution in [3.8, 4) is 17.0 Å². The first kappa shape index (κ1) is 31.9. The Morgan fingerprint density at radius 2 is 1.70 bits per heavy atom. The van der Waals surface area contributed by atoms with E-state index in [1.165, 1.54) is 11.1 Å². The number of fused-ring (bicyclic) bond motifs is 2. The van der Waals surface area contributed by atoms with Crippen LogP contribution in [0.25, 0.3) is 11.3 Å². The van der Waals surface area contributed by atoms with Crippen LogP contribution in [0.1, 0.15) is 69.2 Å². The van der Waals surface area contributed by atoms with Gasteiger partial charge < -0.3 is 9.47 Å². The lowest BCUT2D eigenvalue weighted by Gasteiger charge is -2.40. The van der Waals surface area contributed by atoms with Crippen molar-refractivity contribution < 1.29 is 19.1 Å². The summed E-state index contributed by atoms with van der Waals surface area (Å²) in [6.07, 6.45) is 4.59. The summed E-state index contributed by atoms with van der Waals surface area (Å²) in [4.78, 5) is 33.1. The summed E-state index contributed by atoms with van der Waals surface area (Å²) in [5, 5.41) is 0. The van der Waals surface area contributed by atoms with E-state index in [1.807, 2.05) is 56.3 Å². The second-order valence-corrected chi connectivity index (χ2v) is 11.4. The number of allylic oxidation sites excluding steroid dienone is 1. The summed E-state index contributed by atoms with van der Waals surface area (Å²) in [6, 6.07) is 18.2. The lowest BCUT2D eigenvalue weighted by molar-refractivity contribution is -0.122. The van der Waals surface area contributed by atoms with Crippen LogP contribution in [0.15, 0.2) is 85.3 Å². The third-order valence-corrected chi connectivity index (χ3v) is 8.79. The van der Waals surface area contributed by atoms with Crippen molar-refractivity contribution >= 4 is 11.6 Å². The van der Waals surface area contributed by atoms with Crippen molar-refractivity contribution in [3.63, 3.8) is 0 Å². The van der Waals surface area contributed by atoms with E-state index in [0.717, 1.165) is 47.5 Å². The maximum Gasteiger partial charge on any atom is 0.145 e. The minimum atomic E-state index is -1.03. The van der Waals surface area contributed by atoms with Gasteiger partial charge in [0.05, 0.1) is 31.1 Å². The first-order valence-corrected chi connectivity index (χ1v) is 15.0. The lowest BCUT2D eigenvalue weighted by atomic mass is 9.69. The van der Waals surface area contributed by atoms with Crippen LogP contribution in [-0.2, 0) is 38.2 Å². The zero-order valence-corrected chi connectivity index (χ0v) is 26.5. The molecular formula is C37H44N2O4. The van der Waals surface area contributed by atoms with Gasteiger partial charge in [-0.15, -0.1) is 0 Å². The van der Waals surface area contributed by atoms with Gasteiger partial charge in [0.1, 0.15) is 17.3 Å². The summed E-state index contributed by atoms with van der Waals surface area (Å²) in [7, 11) is 3.30. The van der Waals surface area contributed by atoms with Crippen LogP contribution in [0, 0.1) is 0 Å². The fourth-order valence-electron chi connectivity index (χ4n) is 6.37. The summed E-state index contributed by atoms with van der Waals surface area (Å²) in [5.74, 6) is 1.50. The number of hydrogen-bond donors (Lipinski definition) is 0. The van der Waals surface area contributed by atoms with Gasteiger partial charge in [0, 0.05) is 43.2 Å². The van der Waals surface area contributed by atoms with Gasteiger partial charge >= 0.3 is 0 Å². The Hall–Kier alpha value is -4.03. The van der Waals surface area contributed by atoms with E-state index in [0.29, 0.717) is 24.3 Å². The third kappa shape index (κ3) is 6.21. The predicted molar refractivity (Wildman–Crippen MR) is 172 cm³/mol. The topological polar surface area (TPSA) is 68.7 Å². The molecule has 6 nitrogen and oxygen atoms in total. The van der Waals surface area contributed by atoms with Crippen molar-refractivity contribution in [1.82, 2.24) is 9.88 Å². The Bertz CT molecular complexity index is 1520. The molecule has 1 aliphatic heterocycles. The Balaban J connectivity index is 0.00000207. The minimum Gasteiger partial charge on any atom is -0.501 e. The van der Waals surface area contributed by atoms with Crippen LogP contribution in [-0.4, -0.2) is 42.2 Å². The molecule has 3 aromatic rings. The van der Waals surface area contributed by atoms with Crippen LogP contribution >= 0.6 is 0 Å². The predicted octanol–water partition coefficient (Wildman–Crippen LogP) is 7.35. The summed E-state index contributed by atoms with van der Waals surface area (Å²) in [6.45, 7) is 16.7. The fourth-order valence-corrected chi connectivity index (χ4v) is 6.37. The number of ether oxygens (including phenoxy) is 2. The molecule has 6 heteroatoms. The highest BCUT2D eigenvalue weighted by Gasteiger charge is 2.57. The zero-order valence-electron chi connectivity index (χ0n) is 26.5. The summed E-state index contributed by atoms with van der Waals surface area (Å²) >= 11 is 0. The largest absolute Gasteiger partial charge is 0.501 e. The molecule has 1 spiro atoms. The van der Waals surface area contributed by atoms with Crippen LogP contribution in [0.4, 0.5) is 0 Å². The van der Waals surface area contributed by atoms with Crippen LogP contribution in [0.2, 0.25) is 0 Å². The van der Waals surface area contributed by atoms with Gasteiger partial charge in [0.15, 0.2) is 0 Å². The number of pyridine rings is 1. The van der Waals surface area contributed by atoms with Crippen molar-refractivity contribution in [1.29, 1.82) is 0 Å². The highest BCUT2D eigenvalue weighted by molar-refractivity contribution is 5.94. The number of carbonyl (C=O) groups excluding carboxylic acids is 2. The maximum absolute atomic E-state index is 13.8. The van der Waals surface area contributed by atoms with E-state index >= 15 is 0 Å². The highest BCUT2D eigenvalue weighted by Crippen LogP contribution is 2.58. The van der Waals surface area contributed by atoms with Crippen LogP contribution in [0.3, 0.4) is 0 Å². The maximum atomic E-state index is 13.8. The van der Waals surface area contributed by atoms with E-state index in [4.69, 9.17) is 9.47 Å². The van der Waals surface area contributed by atoms with Crippen LogP contribution in [0.5, 0.6) is 5.75 Å². The van der Waals surface area contributed by atoms with Gasteiger partial charge in [-0.25, -0.2) is 0 Å². The number of aromatic nitrogens is 1. The molecular weight excluding hydrogens is 536 g/mol. The van der Waals surface area contributed by atoms with Crippen molar-refractivity contribution in [2.24, 2.45) is 0 Å². The zero-order chi connectivity index (χ0) is 31.4. The number of hydrogen-bond acceptors (Lipinski definition) is 6. The Kier molecular flexibility index (Phi) is 9.71. The Morgan fingerprint density at radius 1 is 1.00 bits per heavy atom. The molecule has 0 saturated heterocycles. The molecule has 1 aliphatic carbocycles. The highest BCUT2D eigenvalue weighted by atomic mass is 16.5. The van der Waals surface area contributed by atoms with Gasteiger partial charge in [0.2, 0.25) is 0 Å². The van der Waals surface area contributed by atoms with E-state index in [2.05, 4.69) is 35.2 Å². The monoisotopic (exact) mass is 580 g/mol. The second-order valence-electron chi connectivity index (χ2n) is 11.4. The summed E-state index contributed by atoms with van der Waals surface area (Å²) < 4.78 is 10.8. The molecule has 2 aliphatic rings. The molecule has 0 bridgehead atoms. The molecule has 1 atom stereocenters. The van der Waals surface area contributed by atoms with E-state index in [9.17, 15) is 9.59 Å². The van der Waals surface area contributed by atoms with Crippen molar-refractivity contribution in [2.75, 3.05) is 20.8 Å². The number of ketones is 2. The smallest absolute Gasteiger partial charge is 0.145 e. The molecule has 0 N–H and O–H groups in total. The fraction of sp³-hybridized carbons (Fsp3) is 0.378. The average Bonchev–Trinajstić information content (AvgIpc) is 3.76. The van der Waals surface area contributed by atoms with Crippen LogP contribution < -0.4 is 4.74 Å². The lowest BCUT2D eigenvalue weighted by Crippen LogP contribution is -2.48. The van der Waals surface area contributed by atoms with E-state index < -0.39 is 5.41 Å². The van der Waals surface area contributed by atoms with Gasteiger partial charge in [-0.3, -0.25) is 19.5 Å². The molecule has 5 rings (SSSR count). The first-order valence-electron chi connectivity index (χ1n) is 15.0. The molecule has 226 valence electrons. The number of rotatable bonds is 12. The molecule has 1 saturated carbocycles. The SMILES string of the molecule is C=C(Cc1ccnc(-c2ccc(C(CN3Cc4ccc(OC)cc4C34CC4)(C(=C)CC(C)=O)C(C)=O)cc2)c1)OC.CC. The molecule has 1 aromatic heterocycles. The second kappa shape index (κ2) is 13.1. The number of methoxy groups -OCH3 is 2. The van der Waals surface area contributed by atoms with E-state index in [-0.39, 0.29) is 23.5 Å². The average molecular weight is 581 g/mol. The number of Topliss-reactive ketones (excluding diaryl/α,β-unsaturated/α-hetero) is 2. The molecule has 1 fully saturated rings. The quantitative estimate of drug-likeness (QED) is 0.165. The molecule has 2 aromatic carbocycles. The Morgan fingerprint density at radius 3 is 2.28 bits per heavy atom. The van der Waals surface area contributed by atoms with Gasteiger partial charge in [-0.1, -0.05) is 62.9 Å². The molecule has 0 amide bonds. The normalized spacial score (nSPS) is 15.9. The third-order valence-electron chi connectivity index (χ3n) is 8.79. The first-order chi connectivity index (χ1) is 20.6. The molecule has 43 heavy (non-hydrogen) atoms. The van der Waals surface area contributed by atoms with Gasteiger partial charge in [0.25, 0.3) is 0 Å². The molecule has 0 radical (unpaired) electrons. The molecule has 2 heterocycles. The minimum absolute atomic E-state index is 0.00788. The number of benzene rings is 2. The van der Waals surface area contributed by atoms with Crippen molar-refractivity contribution in [2.45, 2.75) is 70.9 Å². The summed E-state index contributed by atoms with van der Waals surface area (Å²) in [5.41, 5.74) is 5.69. The van der Waals surface area contributed by atoms with E-state index in [1.54, 1.807) is 34.3 Å². The Labute approximate surface area is 256 Å². The van der Waals surface area contributed by atoms with Gasteiger partial charge in [-0.2, -0.15) is 0 Å². The van der Waals surface area contributed by atoms with Crippen molar-refractivity contribution in [3.05, 3.63) is 108 Å². The molecule has 1 unspecified atom stereocenters.